The highest BCUT2D eigenvalue weighted by Gasteiger charge is 2.15. The number of nitrogens with zero attached hydrogens (tertiary/aromatic N) is 1. The van der Waals surface area contributed by atoms with Crippen LogP contribution in [-0.4, -0.2) is 18.1 Å². The fourth-order valence-electron chi connectivity index (χ4n) is 1.88. The summed E-state index contributed by atoms with van der Waals surface area (Å²) in [5.41, 5.74) is 1.91. The van der Waals surface area contributed by atoms with Crippen molar-refractivity contribution in [3.05, 3.63) is 29.6 Å². The van der Waals surface area contributed by atoms with E-state index in [2.05, 4.69) is 22.3 Å². The van der Waals surface area contributed by atoms with Crippen LogP contribution < -0.4 is 5.32 Å². The van der Waals surface area contributed by atoms with Gasteiger partial charge in [-0.05, 0) is 38.1 Å². The topological polar surface area (TPSA) is 24.9 Å². The number of hydrogen-bond acceptors (Lipinski definition) is 2. The Hall–Kier alpha value is -1.33. The SMILES string of the molecule is C#Cc1cccc(C2CCNCC2)n1. The summed E-state index contributed by atoms with van der Waals surface area (Å²) in [4.78, 5) is 4.45. The molecule has 0 atom stereocenters. The zero-order chi connectivity index (χ0) is 9.80. The fourth-order valence-corrected chi connectivity index (χ4v) is 1.88. The van der Waals surface area contributed by atoms with Crippen molar-refractivity contribution in [2.24, 2.45) is 0 Å². The van der Waals surface area contributed by atoms with E-state index in [1.54, 1.807) is 0 Å². The Morgan fingerprint density at radius 1 is 1.36 bits per heavy atom. The summed E-state index contributed by atoms with van der Waals surface area (Å²) in [7, 11) is 0. The molecule has 0 radical (unpaired) electrons. The van der Waals surface area contributed by atoms with Crippen LogP contribution in [0.15, 0.2) is 18.2 Å². The molecule has 0 unspecified atom stereocenters. The summed E-state index contributed by atoms with van der Waals surface area (Å²) >= 11 is 0. The number of piperidine rings is 1. The van der Waals surface area contributed by atoms with Crippen LogP contribution in [-0.2, 0) is 0 Å². The van der Waals surface area contributed by atoms with Crippen molar-refractivity contribution in [1.82, 2.24) is 10.3 Å². The molecule has 2 heterocycles. The Morgan fingerprint density at radius 3 is 2.86 bits per heavy atom. The summed E-state index contributed by atoms with van der Waals surface area (Å²) in [6.07, 6.45) is 7.66. The molecule has 2 heteroatoms. The van der Waals surface area contributed by atoms with Gasteiger partial charge in [-0.3, -0.25) is 0 Å². The van der Waals surface area contributed by atoms with E-state index < -0.39 is 0 Å². The molecule has 1 aliphatic rings. The largest absolute Gasteiger partial charge is 0.317 e. The Labute approximate surface area is 84.7 Å². The molecule has 2 rings (SSSR count). The summed E-state index contributed by atoms with van der Waals surface area (Å²) in [5, 5.41) is 3.34. The molecule has 14 heavy (non-hydrogen) atoms. The van der Waals surface area contributed by atoms with Gasteiger partial charge in [0.25, 0.3) is 0 Å². The van der Waals surface area contributed by atoms with Crippen LogP contribution in [0.1, 0.15) is 30.1 Å². The van der Waals surface area contributed by atoms with Crippen molar-refractivity contribution in [2.45, 2.75) is 18.8 Å². The third-order valence-corrected chi connectivity index (χ3v) is 2.68. The quantitative estimate of drug-likeness (QED) is 0.673. The lowest BCUT2D eigenvalue weighted by Gasteiger charge is -2.22. The first-order chi connectivity index (χ1) is 6.90. The summed E-state index contributed by atoms with van der Waals surface area (Å²) < 4.78 is 0. The van der Waals surface area contributed by atoms with Gasteiger partial charge in [-0.2, -0.15) is 0 Å². The summed E-state index contributed by atoms with van der Waals surface area (Å²) in [6, 6.07) is 5.96. The van der Waals surface area contributed by atoms with Gasteiger partial charge < -0.3 is 5.32 Å². The summed E-state index contributed by atoms with van der Waals surface area (Å²) in [5.74, 6) is 3.17. The smallest absolute Gasteiger partial charge is 0.113 e. The molecule has 1 fully saturated rings. The molecule has 0 aromatic carbocycles. The zero-order valence-electron chi connectivity index (χ0n) is 8.16. The average molecular weight is 186 g/mol. The normalized spacial score (nSPS) is 17.6. The number of pyridine rings is 1. The predicted octanol–water partition coefficient (Wildman–Crippen LogP) is 1.53. The van der Waals surface area contributed by atoms with Gasteiger partial charge in [0.15, 0.2) is 0 Å². The van der Waals surface area contributed by atoms with Gasteiger partial charge in [-0.15, -0.1) is 6.42 Å². The van der Waals surface area contributed by atoms with Gasteiger partial charge in [0.05, 0.1) is 0 Å². The van der Waals surface area contributed by atoms with Crippen LogP contribution in [0.2, 0.25) is 0 Å². The monoisotopic (exact) mass is 186 g/mol. The van der Waals surface area contributed by atoms with Crippen molar-refractivity contribution in [1.29, 1.82) is 0 Å². The lowest BCUT2D eigenvalue weighted by molar-refractivity contribution is 0.453. The van der Waals surface area contributed by atoms with E-state index in [-0.39, 0.29) is 0 Å². The maximum Gasteiger partial charge on any atom is 0.113 e. The molecule has 1 aliphatic heterocycles. The van der Waals surface area contributed by atoms with Gasteiger partial charge in [0.2, 0.25) is 0 Å². The van der Waals surface area contributed by atoms with Crippen LogP contribution in [0, 0.1) is 12.3 Å². The van der Waals surface area contributed by atoms with E-state index >= 15 is 0 Å². The van der Waals surface area contributed by atoms with Gasteiger partial charge >= 0.3 is 0 Å². The van der Waals surface area contributed by atoms with Crippen molar-refractivity contribution in [2.75, 3.05) is 13.1 Å². The second kappa shape index (κ2) is 4.26. The van der Waals surface area contributed by atoms with Crippen LogP contribution in [0.4, 0.5) is 0 Å². The van der Waals surface area contributed by atoms with E-state index in [0.29, 0.717) is 5.92 Å². The Bertz CT molecular complexity index is 346. The lowest BCUT2D eigenvalue weighted by atomic mass is 9.94. The molecule has 1 aromatic rings. The molecule has 0 aliphatic carbocycles. The number of terminal acetylenes is 1. The van der Waals surface area contributed by atoms with E-state index in [1.165, 1.54) is 12.8 Å². The minimum atomic E-state index is 0.588. The molecule has 0 bridgehead atoms. The number of nitrogens with one attached hydrogen (secondary N) is 1. The third-order valence-electron chi connectivity index (χ3n) is 2.68. The second-order valence-corrected chi connectivity index (χ2v) is 3.62. The maximum atomic E-state index is 5.32. The Kier molecular flexibility index (Phi) is 2.81. The second-order valence-electron chi connectivity index (χ2n) is 3.62. The van der Waals surface area contributed by atoms with E-state index in [9.17, 15) is 0 Å². The molecule has 1 aromatic heterocycles. The Morgan fingerprint density at radius 2 is 2.14 bits per heavy atom. The number of aromatic nitrogens is 1. The lowest BCUT2D eigenvalue weighted by Crippen LogP contribution is -2.27. The molecule has 0 spiro atoms. The molecule has 0 amide bonds. The number of rotatable bonds is 1. The molecule has 1 N–H and O–H groups in total. The average Bonchev–Trinajstić information content (AvgIpc) is 2.30. The highest BCUT2D eigenvalue weighted by atomic mass is 14.9. The van der Waals surface area contributed by atoms with Gasteiger partial charge in [-0.1, -0.05) is 12.0 Å². The van der Waals surface area contributed by atoms with Crippen molar-refractivity contribution in [3.63, 3.8) is 0 Å². The van der Waals surface area contributed by atoms with E-state index in [1.807, 2.05) is 12.1 Å². The van der Waals surface area contributed by atoms with E-state index in [4.69, 9.17) is 6.42 Å². The Balaban J connectivity index is 2.18. The van der Waals surface area contributed by atoms with Crippen LogP contribution in [0.25, 0.3) is 0 Å². The molecular weight excluding hydrogens is 172 g/mol. The summed E-state index contributed by atoms with van der Waals surface area (Å²) in [6.45, 7) is 2.18. The van der Waals surface area contributed by atoms with Gasteiger partial charge in [0, 0.05) is 11.6 Å². The van der Waals surface area contributed by atoms with E-state index in [0.717, 1.165) is 24.5 Å². The standard InChI is InChI=1S/C12H14N2/c1-2-11-4-3-5-12(14-11)10-6-8-13-9-7-10/h1,3-5,10,13H,6-9H2. The first-order valence-corrected chi connectivity index (χ1v) is 5.04. The first kappa shape index (κ1) is 9.23. The minimum absolute atomic E-state index is 0.588. The van der Waals surface area contributed by atoms with Crippen LogP contribution in [0.5, 0.6) is 0 Å². The highest BCUT2D eigenvalue weighted by molar-refractivity contribution is 5.27. The van der Waals surface area contributed by atoms with Crippen molar-refractivity contribution < 1.29 is 0 Å². The first-order valence-electron chi connectivity index (χ1n) is 5.04. The third kappa shape index (κ3) is 1.94. The maximum absolute atomic E-state index is 5.32. The molecule has 1 saturated heterocycles. The highest BCUT2D eigenvalue weighted by Crippen LogP contribution is 2.23. The zero-order valence-corrected chi connectivity index (χ0v) is 8.16. The fraction of sp³-hybridized carbons (Fsp3) is 0.417. The predicted molar refractivity (Wildman–Crippen MR) is 57.0 cm³/mol. The molecule has 2 nitrogen and oxygen atoms in total. The minimum Gasteiger partial charge on any atom is -0.317 e. The van der Waals surface area contributed by atoms with Crippen molar-refractivity contribution >= 4 is 0 Å². The molecule has 72 valence electrons. The molecular formula is C12H14N2. The van der Waals surface area contributed by atoms with Gasteiger partial charge in [0.1, 0.15) is 5.69 Å². The molecule has 0 saturated carbocycles. The van der Waals surface area contributed by atoms with Gasteiger partial charge in [-0.25, -0.2) is 4.98 Å². The number of hydrogen-bond donors (Lipinski definition) is 1. The van der Waals surface area contributed by atoms with Crippen molar-refractivity contribution in [3.8, 4) is 12.3 Å². The van der Waals surface area contributed by atoms with Crippen LogP contribution >= 0.6 is 0 Å². The van der Waals surface area contributed by atoms with Crippen LogP contribution in [0.3, 0.4) is 0 Å².